The number of rotatable bonds is 3. The highest BCUT2D eigenvalue weighted by Gasteiger charge is 2.29. The summed E-state index contributed by atoms with van der Waals surface area (Å²) in [5, 5.41) is 0. The molecule has 1 aliphatic heterocycles. The molecule has 4 nitrogen and oxygen atoms in total. The number of nitrogens with zero attached hydrogens (tertiary/aromatic N) is 1. The van der Waals surface area contributed by atoms with Gasteiger partial charge in [-0.3, -0.25) is 4.79 Å². The summed E-state index contributed by atoms with van der Waals surface area (Å²) in [7, 11) is 1.40. The predicted octanol–water partition coefficient (Wildman–Crippen LogP) is 2.03. The van der Waals surface area contributed by atoms with Crippen LogP contribution in [0.15, 0.2) is 18.2 Å². The van der Waals surface area contributed by atoms with Crippen LogP contribution in [0.2, 0.25) is 0 Å². The van der Waals surface area contributed by atoms with Crippen LogP contribution in [0.1, 0.15) is 30.1 Å². The summed E-state index contributed by atoms with van der Waals surface area (Å²) >= 11 is 0. The number of likely N-dealkylation sites (tertiary alicyclic amines) is 1. The largest absolute Gasteiger partial charge is 0.494 e. The Morgan fingerprint density at radius 2 is 2.30 bits per heavy atom. The van der Waals surface area contributed by atoms with E-state index in [2.05, 4.69) is 6.92 Å². The summed E-state index contributed by atoms with van der Waals surface area (Å²) < 4.78 is 18.6. The van der Waals surface area contributed by atoms with Gasteiger partial charge < -0.3 is 15.4 Å². The molecule has 2 atom stereocenters. The van der Waals surface area contributed by atoms with Gasteiger partial charge in [-0.25, -0.2) is 4.39 Å². The van der Waals surface area contributed by atoms with Gasteiger partial charge in [-0.05, 0) is 37.0 Å². The molecule has 2 rings (SSSR count). The monoisotopic (exact) mass is 280 g/mol. The van der Waals surface area contributed by atoms with Crippen LogP contribution in [-0.2, 0) is 0 Å². The summed E-state index contributed by atoms with van der Waals surface area (Å²) in [4.78, 5) is 14.3. The van der Waals surface area contributed by atoms with E-state index in [1.54, 1.807) is 11.0 Å². The molecule has 2 unspecified atom stereocenters. The van der Waals surface area contributed by atoms with Crippen LogP contribution in [0.4, 0.5) is 4.39 Å². The highest BCUT2D eigenvalue weighted by molar-refractivity contribution is 5.94. The van der Waals surface area contributed by atoms with Crippen LogP contribution in [-0.4, -0.2) is 37.0 Å². The Kier molecular flexibility index (Phi) is 4.60. The van der Waals surface area contributed by atoms with E-state index in [0.717, 1.165) is 12.8 Å². The SMILES string of the molecule is COc1ccc(C(=O)N2CCC(C)CC2CN)cc1F. The molecule has 20 heavy (non-hydrogen) atoms. The molecule has 0 radical (unpaired) electrons. The molecule has 0 aromatic heterocycles. The van der Waals surface area contributed by atoms with E-state index in [4.69, 9.17) is 10.5 Å². The molecular weight excluding hydrogens is 259 g/mol. The first kappa shape index (κ1) is 14.8. The minimum Gasteiger partial charge on any atom is -0.494 e. The average Bonchev–Trinajstić information content (AvgIpc) is 2.46. The fourth-order valence-electron chi connectivity index (χ4n) is 2.71. The van der Waals surface area contributed by atoms with E-state index in [1.165, 1.54) is 19.2 Å². The van der Waals surface area contributed by atoms with Crippen molar-refractivity contribution in [2.24, 2.45) is 11.7 Å². The Labute approximate surface area is 118 Å². The Hall–Kier alpha value is -1.62. The molecule has 0 saturated carbocycles. The first-order valence-corrected chi connectivity index (χ1v) is 6.91. The zero-order valence-electron chi connectivity index (χ0n) is 11.9. The Bertz CT molecular complexity index is 493. The molecule has 2 N–H and O–H groups in total. The Morgan fingerprint density at radius 3 is 2.90 bits per heavy atom. The predicted molar refractivity (Wildman–Crippen MR) is 75.2 cm³/mol. The molecule has 1 saturated heterocycles. The maximum atomic E-state index is 13.7. The number of piperidine rings is 1. The first-order chi connectivity index (χ1) is 9.56. The van der Waals surface area contributed by atoms with Gasteiger partial charge in [-0.15, -0.1) is 0 Å². The van der Waals surface area contributed by atoms with Gasteiger partial charge in [0.15, 0.2) is 11.6 Å². The molecule has 1 aromatic rings. The number of hydrogen-bond donors (Lipinski definition) is 1. The van der Waals surface area contributed by atoms with Crippen molar-refractivity contribution in [3.63, 3.8) is 0 Å². The quantitative estimate of drug-likeness (QED) is 0.921. The number of halogens is 1. The van der Waals surface area contributed by atoms with E-state index < -0.39 is 5.82 Å². The van der Waals surface area contributed by atoms with Gasteiger partial charge in [0, 0.05) is 24.7 Å². The van der Waals surface area contributed by atoms with E-state index in [-0.39, 0.29) is 17.7 Å². The molecular formula is C15H21FN2O2. The molecule has 1 aromatic carbocycles. The van der Waals surface area contributed by atoms with Crippen LogP contribution >= 0.6 is 0 Å². The van der Waals surface area contributed by atoms with Crippen molar-refractivity contribution < 1.29 is 13.9 Å². The molecule has 0 aliphatic carbocycles. The fourth-order valence-corrected chi connectivity index (χ4v) is 2.71. The summed E-state index contributed by atoms with van der Waals surface area (Å²) in [6, 6.07) is 4.34. The molecule has 1 amide bonds. The lowest BCUT2D eigenvalue weighted by atomic mass is 9.92. The normalized spacial score (nSPS) is 22.7. The Morgan fingerprint density at radius 1 is 1.55 bits per heavy atom. The molecule has 1 aliphatic rings. The second-order valence-corrected chi connectivity index (χ2v) is 5.37. The minimum atomic E-state index is -0.520. The maximum absolute atomic E-state index is 13.7. The van der Waals surface area contributed by atoms with Crippen molar-refractivity contribution in [1.29, 1.82) is 0 Å². The number of nitrogens with two attached hydrogens (primary N) is 1. The minimum absolute atomic E-state index is 0.0383. The lowest BCUT2D eigenvalue weighted by Gasteiger charge is -2.38. The van der Waals surface area contributed by atoms with Crippen LogP contribution in [0.3, 0.4) is 0 Å². The van der Waals surface area contributed by atoms with Gasteiger partial charge in [0.05, 0.1) is 7.11 Å². The number of hydrogen-bond acceptors (Lipinski definition) is 3. The topological polar surface area (TPSA) is 55.6 Å². The second kappa shape index (κ2) is 6.22. The fraction of sp³-hybridized carbons (Fsp3) is 0.533. The average molecular weight is 280 g/mol. The van der Waals surface area contributed by atoms with Crippen LogP contribution in [0.25, 0.3) is 0 Å². The van der Waals surface area contributed by atoms with E-state index >= 15 is 0 Å². The van der Waals surface area contributed by atoms with Crippen molar-refractivity contribution in [2.75, 3.05) is 20.2 Å². The van der Waals surface area contributed by atoms with Crippen LogP contribution < -0.4 is 10.5 Å². The highest BCUT2D eigenvalue weighted by atomic mass is 19.1. The van der Waals surface area contributed by atoms with Crippen LogP contribution in [0, 0.1) is 11.7 Å². The van der Waals surface area contributed by atoms with E-state index in [1.807, 2.05) is 0 Å². The first-order valence-electron chi connectivity index (χ1n) is 6.91. The summed E-state index contributed by atoms with van der Waals surface area (Å²) in [6.45, 7) is 3.28. The number of benzene rings is 1. The van der Waals surface area contributed by atoms with Gasteiger partial charge in [-0.1, -0.05) is 6.92 Å². The third kappa shape index (κ3) is 2.93. The molecule has 110 valence electrons. The molecule has 0 spiro atoms. The summed E-state index contributed by atoms with van der Waals surface area (Å²) in [6.07, 6.45) is 1.86. The highest BCUT2D eigenvalue weighted by Crippen LogP contribution is 2.25. The Balaban J connectivity index is 2.19. The van der Waals surface area contributed by atoms with E-state index in [0.29, 0.717) is 24.6 Å². The smallest absolute Gasteiger partial charge is 0.254 e. The van der Waals surface area contributed by atoms with Crippen molar-refractivity contribution in [3.05, 3.63) is 29.6 Å². The standard InChI is InChI=1S/C15H21FN2O2/c1-10-5-6-18(12(7-10)9-17)15(19)11-3-4-14(20-2)13(16)8-11/h3-4,8,10,12H,5-7,9,17H2,1-2H3. The van der Waals surface area contributed by atoms with Crippen LogP contribution in [0.5, 0.6) is 5.75 Å². The third-order valence-corrected chi connectivity index (χ3v) is 3.91. The third-order valence-electron chi connectivity index (χ3n) is 3.91. The number of amides is 1. The lowest BCUT2D eigenvalue weighted by Crippen LogP contribution is -2.49. The van der Waals surface area contributed by atoms with Gasteiger partial charge in [0.1, 0.15) is 0 Å². The zero-order chi connectivity index (χ0) is 14.7. The lowest BCUT2D eigenvalue weighted by molar-refractivity contribution is 0.0573. The summed E-state index contributed by atoms with van der Waals surface area (Å²) in [5.41, 5.74) is 6.10. The second-order valence-electron chi connectivity index (χ2n) is 5.37. The van der Waals surface area contributed by atoms with Gasteiger partial charge >= 0.3 is 0 Å². The molecule has 1 heterocycles. The van der Waals surface area contributed by atoms with Gasteiger partial charge in [-0.2, -0.15) is 0 Å². The number of ether oxygens (including phenoxy) is 1. The molecule has 5 heteroatoms. The van der Waals surface area contributed by atoms with Gasteiger partial charge in [0.25, 0.3) is 5.91 Å². The number of carbonyl (C=O) groups excluding carboxylic acids is 1. The van der Waals surface area contributed by atoms with Crippen molar-refractivity contribution in [2.45, 2.75) is 25.8 Å². The van der Waals surface area contributed by atoms with Gasteiger partial charge in [0.2, 0.25) is 0 Å². The maximum Gasteiger partial charge on any atom is 0.254 e. The molecule has 1 fully saturated rings. The van der Waals surface area contributed by atoms with Crippen molar-refractivity contribution >= 4 is 5.91 Å². The number of carbonyl (C=O) groups is 1. The molecule has 0 bridgehead atoms. The zero-order valence-corrected chi connectivity index (χ0v) is 11.9. The number of methoxy groups -OCH3 is 1. The summed E-state index contributed by atoms with van der Waals surface area (Å²) in [5.74, 6) is 0.0336. The van der Waals surface area contributed by atoms with Crippen molar-refractivity contribution in [1.82, 2.24) is 4.90 Å². The van der Waals surface area contributed by atoms with Crippen molar-refractivity contribution in [3.8, 4) is 5.75 Å². The van der Waals surface area contributed by atoms with E-state index in [9.17, 15) is 9.18 Å².